The third kappa shape index (κ3) is 3.18. The van der Waals surface area contributed by atoms with Crippen molar-refractivity contribution < 1.29 is 5.11 Å². The van der Waals surface area contributed by atoms with Gasteiger partial charge in [0.25, 0.3) is 0 Å². The molecule has 0 aliphatic carbocycles. The Hall–Kier alpha value is -1.65. The van der Waals surface area contributed by atoms with Gasteiger partial charge >= 0.3 is 0 Å². The van der Waals surface area contributed by atoms with Gasteiger partial charge in [0, 0.05) is 24.3 Å². The average Bonchev–Trinajstić information content (AvgIpc) is 2.86. The number of para-hydroxylation sites is 1. The Morgan fingerprint density at radius 3 is 2.67 bits per heavy atom. The van der Waals surface area contributed by atoms with Gasteiger partial charge in [0.2, 0.25) is 0 Å². The fourth-order valence-electron chi connectivity index (χ4n) is 1.70. The predicted molar refractivity (Wildman–Crippen MR) is 71.7 cm³/mol. The number of rotatable bonds is 5. The molecule has 0 fully saturated rings. The summed E-state index contributed by atoms with van der Waals surface area (Å²) in [5, 5.41) is 17.5. The number of nitrogens with one attached hydrogen (secondary N) is 1. The van der Waals surface area contributed by atoms with Crippen molar-refractivity contribution in [3.05, 3.63) is 48.3 Å². The maximum atomic E-state index is 10.0. The fraction of sp³-hybridized carbons (Fsp3) is 0.357. The molecule has 96 valence electrons. The van der Waals surface area contributed by atoms with Gasteiger partial charge in [0.05, 0.1) is 18.0 Å². The van der Waals surface area contributed by atoms with Gasteiger partial charge in [-0.25, -0.2) is 4.68 Å². The van der Waals surface area contributed by atoms with Gasteiger partial charge in [-0.15, -0.1) is 0 Å². The normalized spacial score (nSPS) is 12.9. The van der Waals surface area contributed by atoms with Crippen molar-refractivity contribution in [1.29, 1.82) is 0 Å². The number of aliphatic hydroxyl groups excluding tert-OH is 1. The first kappa shape index (κ1) is 12.8. The Labute approximate surface area is 107 Å². The molecular weight excluding hydrogens is 226 g/mol. The summed E-state index contributed by atoms with van der Waals surface area (Å²) in [5.41, 5.74) is 1.82. The van der Waals surface area contributed by atoms with Crippen molar-refractivity contribution in [3.8, 4) is 5.69 Å². The zero-order valence-corrected chi connectivity index (χ0v) is 10.7. The molecule has 0 amide bonds. The van der Waals surface area contributed by atoms with Crippen LogP contribution in [0.5, 0.6) is 0 Å². The van der Waals surface area contributed by atoms with Crippen molar-refractivity contribution in [1.82, 2.24) is 15.1 Å². The van der Waals surface area contributed by atoms with Crippen LogP contribution in [0.15, 0.2) is 42.7 Å². The molecule has 0 saturated carbocycles. The highest BCUT2D eigenvalue weighted by Gasteiger charge is 2.10. The Morgan fingerprint density at radius 2 is 2.00 bits per heavy atom. The summed E-state index contributed by atoms with van der Waals surface area (Å²) in [6.07, 6.45) is 3.05. The average molecular weight is 245 g/mol. The van der Waals surface area contributed by atoms with Gasteiger partial charge in [-0.05, 0) is 12.1 Å². The number of benzene rings is 1. The summed E-state index contributed by atoms with van der Waals surface area (Å²) in [7, 11) is 0. The number of nitrogens with zero attached hydrogens (tertiary/aromatic N) is 2. The molecule has 0 spiro atoms. The van der Waals surface area contributed by atoms with Crippen molar-refractivity contribution in [2.75, 3.05) is 6.54 Å². The summed E-state index contributed by atoms with van der Waals surface area (Å²) in [6, 6.07) is 10.2. The molecule has 0 bridgehead atoms. The second-order valence-electron chi connectivity index (χ2n) is 4.63. The first-order valence-corrected chi connectivity index (χ1v) is 6.18. The molecule has 0 aliphatic rings. The number of hydrogen-bond acceptors (Lipinski definition) is 3. The van der Waals surface area contributed by atoms with Gasteiger partial charge < -0.3 is 10.4 Å². The Balaban J connectivity index is 2.06. The third-order valence-corrected chi connectivity index (χ3v) is 2.73. The molecule has 2 rings (SSSR count). The SMILES string of the molecule is CC(C)NCC(O)c1cnn(-c2ccccc2)c1. The topological polar surface area (TPSA) is 50.1 Å². The van der Waals surface area contributed by atoms with E-state index in [0.717, 1.165) is 11.3 Å². The van der Waals surface area contributed by atoms with E-state index in [4.69, 9.17) is 0 Å². The van der Waals surface area contributed by atoms with Gasteiger partial charge in [-0.3, -0.25) is 0 Å². The molecule has 4 nitrogen and oxygen atoms in total. The van der Waals surface area contributed by atoms with Crippen LogP contribution in [0.1, 0.15) is 25.5 Å². The molecule has 2 aromatic rings. The zero-order valence-electron chi connectivity index (χ0n) is 10.7. The van der Waals surface area contributed by atoms with Crippen molar-refractivity contribution in [2.24, 2.45) is 0 Å². The minimum atomic E-state index is -0.523. The number of aromatic nitrogens is 2. The van der Waals surface area contributed by atoms with E-state index in [1.54, 1.807) is 10.9 Å². The molecule has 18 heavy (non-hydrogen) atoms. The maximum Gasteiger partial charge on any atom is 0.0944 e. The van der Waals surface area contributed by atoms with Crippen molar-refractivity contribution in [2.45, 2.75) is 26.0 Å². The molecule has 4 heteroatoms. The van der Waals surface area contributed by atoms with E-state index in [2.05, 4.69) is 24.3 Å². The molecule has 0 aliphatic heterocycles. The molecule has 1 heterocycles. The largest absolute Gasteiger partial charge is 0.387 e. The van der Waals surface area contributed by atoms with Crippen LogP contribution in [-0.2, 0) is 0 Å². The van der Waals surface area contributed by atoms with E-state index < -0.39 is 6.10 Å². The minimum absolute atomic E-state index is 0.365. The van der Waals surface area contributed by atoms with Crippen LogP contribution in [0.2, 0.25) is 0 Å². The summed E-state index contributed by atoms with van der Waals surface area (Å²) >= 11 is 0. The Bertz CT molecular complexity index is 479. The lowest BCUT2D eigenvalue weighted by Gasteiger charge is -2.12. The van der Waals surface area contributed by atoms with E-state index in [0.29, 0.717) is 12.6 Å². The van der Waals surface area contributed by atoms with Gasteiger partial charge in [0.15, 0.2) is 0 Å². The number of aliphatic hydroxyl groups is 1. The first-order chi connectivity index (χ1) is 8.66. The lowest BCUT2D eigenvalue weighted by Crippen LogP contribution is -2.27. The molecule has 1 aromatic carbocycles. The number of hydrogen-bond donors (Lipinski definition) is 2. The molecule has 2 N–H and O–H groups in total. The summed E-state index contributed by atoms with van der Waals surface area (Å²) in [6.45, 7) is 4.65. The van der Waals surface area contributed by atoms with E-state index in [-0.39, 0.29) is 0 Å². The summed E-state index contributed by atoms with van der Waals surface area (Å²) in [5.74, 6) is 0. The Kier molecular flexibility index (Phi) is 4.12. The first-order valence-electron chi connectivity index (χ1n) is 6.18. The monoisotopic (exact) mass is 245 g/mol. The van der Waals surface area contributed by atoms with E-state index in [9.17, 15) is 5.11 Å². The summed E-state index contributed by atoms with van der Waals surface area (Å²) < 4.78 is 1.77. The second kappa shape index (κ2) is 5.80. The summed E-state index contributed by atoms with van der Waals surface area (Å²) in [4.78, 5) is 0. The predicted octanol–water partition coefficient (Wildman–Crippen LogP) is 1.90. The third-order valence-electron chi connectivity index (χ3n) is 2.73. The Morgan fingerprint density at radius 1 is 1.28 bits per heavy atom. The van der Waals surface area contributed by atoms with Crippen molar-refractivity contribution >= 4 is 0 Å². The lowest BCUT2D eigenvalue weighted by molar-refractivity contribution is 0.171. The lowest BCUT2D eigenvalue weighted by atomic mass is 10.2. The maximum absolute atomic E-state index is 10.0. The quantitative estimate of drug-likeness (QED) is 0.846. The molecular formula is C14H19N3O. The highest BCUT2D eigenvalue weighted by molar-refractivity contribution is 5.31. The van der Waals surface area contributed by atoms with Gasteiger partial charge in [-0.1, -0.05) is 32.0 Å². The van der Waals surface area contributed by atoms with Crippen LogP contribution in [0.25, 0.3) is 5.69 Å². The minimum Gasteiger partial charge on any atom is -0.387 e. The van der Waals surface area contributed by atoms with Crippen LogP contribution < -0.4 is 5.32 Å². The van der Waals surface area contributed by atoms with E-state index in [1.807, 2.05) is 36.5 Å². The van der Waals surface area contributed by atoms with Gasteiger partial charge in [0.1, 0.15) is 0 Å². The fourth-order valence-corrected chi connectivity index (χ4v) is 1.70. The molecule has 1 aromatic heterocycles. The standard InChI is InChI=1S/C14H19N3O/c1-11(2)15-9-14(18)12-8-16-17(10-12)13-6-4-3-5-7-13/h3-8,10-11,14-15,18H,9H2,1-2H3. The van der Waals surface area contributed by atoms with Gasteiger partial charge in [-0.2, -0.15) is 5.10 Å². The highest BCUT2D eigenvalue weighted by atomic mass is 16.3. The van der Waals surface area contributed by atoms with Crippen molar-refractivity contribution in [3.63, 3.8) is 0 Å². The van der Waals surface area contributed by atoms with Crippen LogP contribution in [0, 0.1) is 0 Å². The van der Waals surface area contributed by atoms with Crippen LogP contribution in [0.3, 0.4) is 0 Å². The smallest absolute Gasteiger partial charge is 0.0944 e. The van der Waals surface area contributed by atoms with E-state index in [1.165, 1.54) is 0 Å². The second-order valence-corrected chi connectivity index (χ2v) is 4.63. The molecule has 1 atom stereocenters. The highest BCUT2D eigenvalue weighted by Crippen LogP contribution is 2.14. The molecule has 0 saturated heterocycles. The molecule has 0 radical (unpaired) electrons. The van der Waals surface area contributed by atoms with Crippen LogP contribution in [0.4, 0.5) is 0 Å². The van der Waals surface area contributed by atoms with Crippen LogP contribution >= 0.6 is 0 Å². The zero-order chi connectivity index (χ0) is 13.0. The van der Waals surface area contributed by atoms with Crippen LogP contribution in [-0.4, -0.2) is 27.5 Å². The molecule has 1 unspecified atom stereocenters. The van der Waals surface area contributed by atoms with E-state index >= 15 is 0 Å².